The third kappa shape index (κ3) is 5.27. The van der Waals surface area contributed by atoms with E-state index in [9.17, 15) is 10.1 Å². The highest BCUT2D eigenvalue weighted by atomic mass is 16.6. The molecule has 4 N–H and O–H groups in total. The Morgan fingerprint density at radius 2 is 1.84 bits per heavy atom. The number of para-hydroxylation sites is 1. The van der Waals surface area contributed by atoms with Crippen molar-refractivity contribution in [1.82, 2.24) is 9.97 Å². The molecule has 4 rings (SSSR count). The minimum absolute atomic E-state index is 0.0972. The summed E-state index contributed by atoms with van der Waals surface area (Å²) in [4.78, 5) is 23.9. The molecule has 0 spiro atoms. The van der Waals surface area contributed by atoms with E-state index in [0.29, 0.717) is 18.4 Å². The van der Waals surface area contributed by atoms with Crippen molar-refractivity contribution in [3.63, 3.8) is 0 Å². The molecule has 0 amide bonds. The van der Waals surface area contributed by atoms with Crippen molar-refractivity contribution < 1.29 is 4.92 Å². The molecule has 172 valence electrons. The molecule has 1 saturated heterocycles. The number of hydrogen-bond acceptors (Lipinski definition) is 8. The Bertz CT molecular complexity index is 924. The molecule has 1 aromatic carbocycles. The van der Waals surface area contributed by atoms with Crippen molar-refractivity contribution in [1.29, 1.82) is 0 Å². The van der Waals surface area contributed by atoms with E-state index in [2.05, 4.69) is 44.0 Å². The van der Waals surface area contributed by atoms with E-state index in [1.807, 2.05) is 0 Å². The van der Waals surface area contributed by atoms with E-state index in [1.165, 1.54) is 36.7 Å². The van der Waals surface area contributed by atoms with Gasteiger partial charge in [-0.3, -0.25) is 10.1 Å². The normalized spacial score (nSPS) is 21.3. The van der Waals surface area contributed by atoms with Crippen molar-refractivity contribution in [3.05, 3.63) is 46.1 Å². The quantitative estimate of drug-likeness (QED) is 0.496. The molecule has 1 aromatic heterocycles. The first-order valence-corrected chi connectivity index (χ1v) is 11.6. The fourth-order valence-electron chi connectivity index (χ4n) is 4.86. The summed E-state index contributed by atoms with van der Waals surface area (Å²) in [6, 6.07) is 8.77. The van der Waals surface area contributed by atoms with Crippen LogP contribution in [0.4, 0.5) is 23.1 Å². The predicted octanol–water partition coefficient (Wildman–Crippen LogP) is 3.48. The Morgan fingerprint density at radius 3 is 2.53 bits per heavy atom. The molecule has 9 heteroatoms. The number of nitro groups is 1. The maximum atomic E-state index is 11.2. The number of nitrogens with zero attached hydrogens (tertiary/aromatic N) is 5. The fourth-order valence-corrected chi connectivity index (χ4v) is 4.86. The van der Waals surface area contributed by atoms with Crippen molar-refractivity contribution in [2.45, 2.75) is 57.5 Å². The summed E-state index contributed by atoms with van der Waals surface area (Å²) >= 11 is 0. The molecule has 2 aromatic rings. The van der Waals surface area contributed by atoms with Crippen LogP contribution in [0.5, 0.6) is 0 Å². The van der Waals surface area contributed by atoms with Gasteiger partial charge >= 0.3 is 5.69 Å². The predicted molar refractivity (Wildman–Crippen MR) is 127 cm³/mol. The van der Waals surface area contributed by atoms with Crippen LogP contribution in [0.3, 0.4) is 0 Å². The largest absolute Gasteiger partial charge is 0.378 e. The summed E-state index contributed by atoms with van der Waals surface area (Å²) in [5, 5.41) is 11.2. The van der Waals surface area contributed by atoms with Crippen LogP contribution < -0.4 is 21.3 Å². The minimum Gasteiger partial charge on any atom is -0.378 e. The van der Waals surface area contributed by atoms with Gasteiger partial charge in [0.1, 0.15) is 6.20 Å². The lowest BCUT2D eigenvalue weighted by molar-refractivity contribution is -0.384. The summed E-state index contributed by atoms with van der Waals surface area (Å²) in [6.07, 6.45) is 9.09. The number of aromatic nitrogens is 2. The molecule has 1 aliphatic heterocycles. The molecule has 2 fully saturated rings. The summed E-state index contributed by atoms with van der Waals surface area (Å²) in [5.41, 5.74) is 14.2. The van der Waals surface area contributed by atoms with E-state index in [4.69, 9.17) is 11.5 Å². The van der Waals surface area contributed by atoms with Gasteiger partial charge in [0.2, 0.25) is 11.8 Å². The lowest BCUT2D eigenvalue weighted by Gasteiger charge is -2.34. The van der Waals surface area contributed by atoms with Crippen molar-refractivity contribution in [3.8, 4) is 0 Å². The Labute approximate surface area is 189 Å². The van der Waals surface area contributed by atoms with Crippen molar-refractivity contribution >= 4 is 23.1 Å². The highest BCUT2D eigenvalue weighted by Gasteiger charge is 2.25. The van der Waals surface area contributed by atoms with E-state index < -0.39 is 4.92 Å². The number of rotatable bonds is 7. The maximum Gasteiger partial charge on any atom is 0.329 e. The first-order chi connectivity index (χ1) is 15.5. The van der Waals surface area contributed by atoms with Gasteiger partial charge in [0, 0.05) is 37.9 Å². The van der Waals surface area contributed by atoms with Gasteiger partial charge in [0.25, 0.3) is 0 Å². The van der Waals surface area contributed by atoms with Crippen LogP contribution in [0.15, 0.2) is 30.5 Å². The van der Waals surface area contributed by atoms with E-state index in [-0.39, 0.29) is 17.5 Å². The van der Waals surface area contributed by atoms with Crippen molar-refractivity contribution in [2.24, 2.45) is 11.7 Å². The summed E-state index contributed by atoms with van der Waals surface area (Å²) in [7, 11) is 0. The zero-order valence-corrected chi connectivity index (χ0v) is 18.5. The monoisotopic (exact) mass is 439 g/mol. The van der Waals surface area contributed by atoms with Gasteiger partial charge in [-0.15, -0.1) is 0 Å². The number of piperidine rings is 1. The molecule has 0 atom stereocenters. The smallest absolute Gasteiger partial charge is 0.329 e. The van der Waals surface area contributed by atoms with Gasteiger partial charge in [-0.25, -0.2) is 4.98 Å². The molecule has 2 heterocycles. The third-order valence-corrected chi connectivity index (χ3v) is 6.68. The van der Waals surface area contributed by atoms with Gasteiger partial charge in [-0.05, 0) is 62.5 Å². The van der Waals surface area contributed by atoms with Crippen LogP contribution in [0.1, 0.15) is 50.5 Å². The summed E-state index contributed by atoms with van der Waals surface area (Å²) in [6.45, 7) is 3.54. The molecule has 0 radical (unpaired) electrons. The average molecular weight is 440 g/mol. The summed E-state index contributed by atoms with van der Waals surface area (Å²) in [5.74, 6) is 0.827. The van der Waals surface area contributed by atoms with Gasteiger partial charge < -0.3 is 21.3 Å². The standard InChI is InChI=1S/C23H33N7O2/c24-19-10-8-17(9-11-19)15-29(23-26-14-21(30(31)32)22(25)27-23)16-18-6-2-3-7-20(18)28-12-4-1-5-13-28/h2-3,6-7,14,17,19H,1,4-5,8-13,15-16,24H2,(H2,25,26,27). The molecule has 1 saturated carbocycles. The van der Waals surface area contributed by atoms with Crippen LogP contribution in [0.25, 0.3) is 0 Å². The fraction of sp³-hybridized carbons (Fsp3) is 0.565. The van der Waals surface area contributed by atoms with Crippen LogP contribution in [0, 0.1) is 16.0 Å². The Morgan fingerprint density at radius 1 is 1.12 bits per heavy atom. The van der Waals surface area contributed by atoms with Gasteiger partial charge in [0.15, 0.2) is 0 Å². The highest BCUT2D eigenvalue weighted by Crippen LogP contribution is 2.30. The first kappa shape index (κ1) is 22.3. The second kappa shape index (κ2) is 10.1. The average Bonchev–Trinajstić information content (AvgIpc) is 2.80. The SMILES string of the molecule is Nc1nc(N(Cc2ccccc2N2CCCCC2)CC2CCC(N)CC2)ncc1[N+](=O)[O-]. The van der Waals surface area contributed by atoms with E-state index >= 15 is 0 Å². The second-order valence-corrected chi connectivity index (χ2v) is 9.04. The molecular weight excluding hydrogens is 406 g/mol. The Hall–Kier alpha value is -2.94. The Kier molecular flexibility index (Phi) is 7.04. The molecule has 2 aliphatic rings. The number of nitrogens with two attached hydrogens (primary N) is 2. The molecule has 9 nitrogen and oxygen atoms in total. The van der Waals surface area contributed by atoms with Crippen molar-refractivity contribution in [2.75, 3.05) is 35.2 Å². The second-order valence-electron chi connectivity index (χ2n) is 9.04. The lowest BCUT2D eigenvalue weighted by atomic mass is 9.86. The minimum atomic E-state index is -0.544. The van der Waals surface area contributed by atoms with Crippen LogP contribution in [-0.4, -0.2) is 40.6 Å². The van der Waals surface area contributed by atoms with E-state index in [1.54, 1.807) is 0 Å². The Balaban J connectivity index is 1.61. The third-order valence-electron chi connectivity index (χ3n) is 6.68. The highest BCUT2D eigenvalue weighted by molar-refractivity contribution is 5.57. The number of nitrogen functional groups attached to an aromatic ring is 1. The van der Waals surface area contributed by atoms with Crippen LogP contribution in [0.2, 0.25) is 0 Å². The molecule has 32 heavy (non-hydrogen) atoms. The van der Waals surface area contributed by atoms with Gasteiger partial charge in [-0.2, -0.15) is 4.98 Å². The zero-order chi connectivity index (χ0) is 22.5. The number of hydrogen-bond donors (Lipinski definition) is 2. The summed E-state index contributed by atoms with van der Waals surface area (Å²) < 4.78 is 0. The molecule has 0 bridgehead atoms. The molecular formula is C23H33N7O2. The number of anilines is 3. The molecule has 0 unspecified atom stereocenters. The van der Waals surface area contributed by atoms with Crippen LogP contribution in [-0.2, 0) is 6.54 Å². The first-order valence-electron chi connectivity index (χ1n) is 11.6. The number of benzene rings is 1. The maximum absolute atomic E-state index is 11.2. The zero-order valence-electron chi connectivity index (χ0n) is 18.5. The van der Waals surface area contributed by atoms with Crippen LogP contribution >= 0.6 is 0 Å². The van der Waals surface area contributed by atoms with Gasteiger partial charge in [-0.1, -0.05) is 18.2 Å². The molecule has 1 aliphatic carbocycles. The topological polar surface area (TPSA) is 127 Å². The van der Waals surface area contributed by atoms with Gasteiger partial charge in [0.05, 0.1) is 4.92 Å². The lowest BCUT2D eigenvalue weighted by Crippen LogP contribution is -2.36. The van der Waals surface area contributed by atoms with E-state index in [0.717, 1.165) is 45.3 Å².